The topological polar surface area (TPSA) is 56.5 Å². The van der Waals surface area contributed by atoms with Gasteiger partial charge in [0.25, 0.3) is 0 Å². The van der Waals surface area contributed by atoms with Crippen molar-refractivity contribution in [2.24, 2.45) is 0 Å². The zero-order chi connectivity index (χ0) is 14.8. The zero-order valence-corrected chi connectivity index (χ0v) is 11.3. The standard InChI is InChI=1S/C17H12O4/c1-20-15-8-7-12-14(19)9-16(11-5-3-2-4-6-11)21-17(12)13(15)10-18/h2-10H,1H3. The Hall–Kier alpha value is -2.88. The molecule has 0 saturated carbocycles. The highest BCUT2D eigenvalue weighted by atomic mass is 16.5. The van der Waals surface area contributed by atoms with Crippen molar-refractivity contribution in [3.8, 4) is 17.1 Å². The van der Waals surface area contributed by atoms with Gasteiger partial charge in [-0.05, 0) is 12.1 Å². The first-order chi connectivity index (χ1) is 10.2. The van der Waals surface area contributed by atoms with Crippen molar-refractivity contribution in [2.75, 3.05) is 7.11 Å². The first kappa shape index (κ1) is 13.1. The van der Waals surface area contributed by atoms with Crippen LogP contribution in [0.1, 0.15) is 10.4 Å². The van der Waals surface area contributed by atoms with Gasteiger partial charge in [0.2, 0.25) is 0 Å². The molecule has 21 heavy (non-hydrogen) atoms. The lowest BCUT2D eigenvalue weighted by atomic mass is 10.1. The molecule has 2 aromatic carbocycles. The molecule has 0 amide bonds. The number of hydrogen-bond donors (Lipinski definition) is 0. The van der Waals surface area contributed by atoms with Crippen LogP contribution >= 0.6 is 0 Å². The van der Waals surface area contributed by atoms with E-state index >= 15 is 0 Å². The van der Waals surface area contributed by atoms with Crippen molar-refractivity contribution >= 4 is 17.3 Å². The molecule has 0 saturated heterocycles. The number of hydrogen-bond acceptors (Lipinski definition) is 4. The van der Waals surface area contributed by atoms with Gasteiger partial charge in [0.15, 0.2) is 17.3 Å². The normalized spacial score (nSPS) is 10.5. The van der Waals surface area contributed by atoms with E-state index in [1.54, 1.807) is 12.1 Å². The van der Waals surface area contributed by atoms with Crippen LogP contribution in [0.15, 0.2) is 57.7 Å². The van der Waals surface area contributed by atoms with E-state index in [4.69, 9.17) is 9.15 Å². The molecule has 1 aromatic heterocycles. The number of fused-ring (bicyclic) bond motifs is 1. The first-order valence-corrected chi connectivity index (χ1v) is 6.40. The zero-order valence-electron chi connectivity index (χ0n) is 11.3. The van der Waals surface area contributed by atoms with Gasteiger partial charge >= 0.3 is 0 Å². The maximum Gasteiger partial charge on any atom is 0.193 e. The summed E-state index contributed by atoms with van der Waals surface area (Å²) in [6, 6.07) is 13.9. The lowest BCUT2D eigenvalue weighted by molar-refractivity contribution is 0.112. The van der Waals surface area contributed by atoms with Crippen molar-refractivity contribution < 1.29 is 13.9 Å². The van der Waals surface area contributed by atoms with Crippen molar-refractivity contribution in [1.29, 1.82) is 0 Å². The number of ether oxygens (including phenoxy) is 1. The molecule has 0 aliphatic heterocycles. The number of methoxy groups -OCH3 is 1. The Kier molecular flexibility index (Phi) is 3.28. The Labute approximate surface area is 120 Å². The molecule has 0 N–H and O–H groups in total. The molecule has 0 radical (unpaired) electrons. The van der Waals surface area contributed by atoms with Crippen LogP contribution in [-0.4, -0.2) is 13.4 Å². The lowest BCUT2D eigenvalue weighted by Crippen LogP contribution is -2.03. The third-order valence-electron chi connectivity index (χ3n) is 3.29. The summed E-state index contributed by atoms with van der Waals surface area (Å²) in [5, 5.41) is 0.359. The summed E-state index contributed by atoms with van der Waals surface area (Å²) >= 11 is 0. The van der Waals surface area contributed by atoms with Crippen LogP contribution in [0.25, 0.3) is 22.3 Å². The summed E-state index contributed by atoms with van der Waals surface area (Å²) < 4.78 is 10.9. The molecule has 104 valence electrons. The number of aldehydes is 1. The first-order valence-electron chi connectivity index (χ1n) is 6.40. The second-order valence-electron chi connectivity index (χ2n) is 4.52. The van der Waals surface area contributed by atoms with Crippen LogP contribution in [0, 0.1) is 0 Å². The summed E-state index contributed by atoms with van der Waals surface area (Å²) in [5.41, 5.74) is 1.07. The molecule has 4 nitrogen and oxygen atoms in total. The Morgan fingerprint density at radius 2 is 1.86 bits per heavy atom. The minimum Gasteiger partial charge on any atom is -0.496 e. The Morgan fingerprint density at radius 3 is 2.52 bits per heavy atom. The molecule has 0 spiro atoms. The van der Waals surface area contributed by atoms with E-state index in [-0.39, 0.29) is 16.6 Å². The fourth-order valence-electron chi connectivity index (χ4n) is 2.26. The van der Waals surface area contributed by atoms with Crippen molar-refractivity contribution in [1.82, 2.24) is 0 Å². The molecule has 0 bridgehead atoms. The summed E-state index contributed by atoms with van der Waals surface area (Å²) in [5.74, 6) is 0.801. The smallest absolute Gasteiger partial charge is 0.193 e. The van der Waals surface area contributed by atoms with Crippen LogP contribution in [0.4, 0.5) is 0 Å². The number of rotatable bonds is 3. The average Bonchev–Trinajstić information content (AvgIpc) is 2.54. The molecule has 0 aliphatic carbocycles. The molecule has 4 heteroatoms. The van der Waals surface area contributed by atoms with Gasteiger partial charge in [-0.2, -0.15) is 0 Å². The molecule has 3 rings (SSSR count). The van der Waals surface area contributed by atoms with E-state index in [9.17, 15) is 9.59 Å². The average molecular weight is 280 g/mol. The molecule has 1 heterocycles. The SMILES string of the molecule is COc1ccc2c(=O)cc(-c3ccccc3)oc2c1C=O. The van der Waals surface area contributed by atoms with Gasteiger partial charge in [0.1, 0.15) is 11.5 Å². The van der Waals surface area contributed by atoms with Crippen molar-refractivity contribution in [3.05, 3.63) is 64.3 Å². The third-order valence-corrected chi connectivity index (χ3v) is 3.29. The Bertz CT molecular complexity index is 863. The Balaban J connectivity index is 2.37. The monoisotopic (exact) mass is 280 g/mol. The van der Waals surface area contributed by atoms with E-state index in [0.717, 1.165) is 5.56 Å². The second kappa shape index (κ2) is 5.25. The fourth-order valence-corrected chi connectivity index (χ4v) is 2.26. The number of benzene rings is 2. The van der Waals surface area contributed by atoms with Crippen LogP contribution in [0.2, 0.25) is 0 Å². The van der Waals surface area contributed by atoms with Crippen LogP contribution in [-0.2, 0) is 0 Å². The maximum absolute atomic E-state index is 12.2. The molecule has 0 aliphatic rings. The molecule has 0 atom stereocenters. The quantitative estimate of drug-likeness (QED) is 0.691. The third kappa shape index (κ3) is 2.21. The highest BCUT2D eigenvalue weighted by molar-refractivity contribution is 5.97. The van der Waals surface area contributed by atoms with Gasteiger partial charge in [0.05, 0.1) is 18.1 Å². The summed E-state index contributed by atoms with van der Waals surface area (Å²) in [7, 11) is 1.47. The molecular formula is C17H12O4. The largest absolute Gasteiger partial charge is 0.496 e. The van der Waals surface area contributed by atoms with Gasteiger partial charge < -0.3 is 9.15 Å². The van der Waals surface area contributed by atoms with E-state index < -0.39 is 0 Å². The number of carbonyl (C=O) groups excluding carboxylic acids is 1. The van der Waals surface area contributed by atoms with E-state index in [0.29, 0.717) is 23.2 Å². The lowest BCUT2D eigenvalue weighted by Gasteiger charge is -2.08. The van der Waals surface area contributed by atoms with Crippen LogP contribution < -0.4 is 10.2 Å². The van der Waals surface area contributed by atoms with E-state index in [1.165, 1.54) is 13.2 Å². The predicted molar refractivity (Wildman–Crippen MR) is 79.9 cm³/mol. The molecule has 3 aromatic rings. The van der Waals surface area contributed by atoms with Crippen LogP contribution in [0.5, 0.6) is 5.75 Å². The highest BCUT2D eigenvalue weighted by Crippen LogP contribution is 2.28. The summed E-state index contributed by atoms with van der Waals surface area (Å²) in [6.07, 6.45) is 0.638. The minimum atomic E-state index is -0.194. The number of carbonyl (C=O) groups is 1. The second-order valence-corrected chi connectivity index (χ2v) is 4.52. The minimum absolute atomic E-state index is 0.194. The van der Waals surface area contributed by atoms with Crippen molar-refractivity contribution in [3.63, 3.8) is 0 Å². The summed E-state index contributed by atoms with van der Waals surface area (Å²) in [6.45, 7) is 0. The van der Waals surface area contributed by atoms with Gasteiger partial charge in [-0.3, -0.25) is 9.59 Å². The van der Waals surface area contributed by atoms with Gasteiger partial charge in [-0.15, -0.1) is 0 Å². The molecule has 0 unspecified atom stereocenters. The van der Waals surface area contributed by atoms with E-state index in [1.807, 2.05) is 30.3 Å². The summed E-state index contributed by atoms with van der Waals surface area (Å²) in [4.78, 5) is 23.5. The molecule has 0 fully saturated rings. The van der Waals surface area contributed by atoms with Crippen LogP contribution in [0.3, 0.4) is 0 Å². The highest BCUT2D eigenvalue weighted by Gasteiger charge is 2.14. The van der Waals surface area contributed by atoms with Gasteiger partial charge in [-0.1, -0.05) is 30.3 Å². The van der Waals surface area contributed by atoms with Gasteiger partial charge in [-0.25, -0.2) is 0 Å². The maximum atomic E-state index is 12.2. The predicted octanol–water partition coefficient (Wildman–Crippen LogP) is 3.28. The molecular weight excluding hydrogens is 268 g/mol. The van der Waals surface area contributed by atoms with Crippen molar-refractivity contribution in [2.45, 2.75) is 0 Å². The fraction of sp³-hybridized carbons (Fsp3) is 0.0588. The Morgan fingerprint density at radius 1 is 1.10 bits per heavy atom. The van der Waals surface area contributed by atoms with E-state index in [2.05, 4.69) is 0 Å². The van der Waals surface area contributed by atoms with Gasteiger partial charge in [0, 0.05) is 11.6 Å².